The summed E-state index contributed by atoms with van der Waals surface area (Å²) in [7, 11) is 1.82. The third kappa shape index (κ3) is 6.10. The Kier molecular flexibility index (Phi) is 8.36. The molecule has 6 nitrogen and oxygen atoms in total. The highest BCUT2D eigenvalue weighted by Crippen LogP contribution is 2.22. The van der Waals surface area contributed by atoms with Gasteiger partial charge in [-0.05, 0) is 35.2 Å². The van der Waals surface area contributed by atoms with E-state index in [0.717, 1.165) is 43.4 Å². The molecule has 27 heavy (non-hydrogen) atoms. The Morgan fingerprint density at radius 3 is 2.59 bits per heavy atom. The molecule has 1 saturated heterocycles. The Hall–Kier alpha value is -1.81. The quantitative estimate of drug-likeness (QED) is 0.386. The first-order valence-electron chi connectivity index (χ1n) is 8.76. The molecule has 146 valence electrons. The second-order valence-corrected chi connectivity index (χ2v) is 7.13. The van der Waals surface area contributed by atoms with E-state index >= 15 is 0 Å². The summed E-state index contributed by atoms with van der Waals surface area (Å²) in [4.78, 5) is 20.3. The third-order valence-electron chi connectivity index (χ3n) is 4.31. The summed E-state index contributed by atoms with van der Waals surface area (Å²) in [5, 5.41) is 9.71. The van der Waals surface area contributed by atoms with Crippen LogP contribution < -0.4 is 15.5 Å². The fraction of sp³-hybridized carbons (Fsp3) is 0.368. The lowest BCUT2D eigenvalue weighted by atomic mass is 10.2. The van der Waals surface area contributed by atoms with Gasteiger partial charge in [0, 0.05) is 52.4 Å². The van der Waals surface area contributed by atoms with Crippen molar-refractivity contribution in [1.29, 1.82) is 0 Å². The van der Waals surface area contributed by atoms with E-state index < -0.39 is 0 Å². The lowest BCUT2D eigenvalue weighted by Crippen LogP contribution is -2.52. The van der Waals surface area contributed by atoms with Crippen LogP contribution in [0.5, 0.6) is 0 Å². The number of hydrogen-bond donors (Lipinski definition) is 2. The van der Waals surface area contributed by atoms with Crippen molar-refractivity contribution in [2.24, 2.45) is 4.99 Å². The zero-order valence-corrected chi connectivity index (χ0v) is 18.8. The van der Waals surface area contributed by atoms with Gasteiger partial charge in [0.1, 0.15) is 0 Å². The van der Waals surface area contributed by atoms with Crippen LogP contribution in [0.3, 0.4) is 0 Å². The Morgan fingerprint density at radius 1 is 1.19 bits per heavy atom. The number of aliphatic imine (C=N–C) groups is 1. The van der Waals surface area contributed by atoms with Crippen molar-refractivity contribution in [3.63, 3.8) is 0 Å². The second kappa shape index (κ2) is 10.5. The van der Waals surface area contributed by atoms with E-state index in [2.05, 4.69) is 42.9 Å². The van der Waals surface area contributed by atoms with Crippen LogP contribution in [0.25, 0.3) is 0 Å². The van der Waals surface area contributed by atoms with E-state index in [1.165, 1.54) is 11.9 Å². The highest BCUT2D eigenvalue weighted by atomic mass is 127. The number of carbonyl (C=O) groups is 1. The average molecular weight is 499 g/mol. The smallest absolute Gasteiger partial charge is 0.221 e. The number of thiophene rings is 1. The minimum absolute atomic E-state index is 0. The van der Waals surface area contributed by atoms with Gasteiger partial charge in [-0.2, -0.15) is 0 Å². The zero-order chi connectivity index (χ0) is 18.4. The molecule has 1 aliphatic heterocycles. The molecule has 1 aromatic heterocycles. The number of carbonyl (C=O) groups excluding carboxylic acids is 1. The van der Waals surface area contributed by atoms with Crippen molar-refractivity contribution >= 4 is 57.9 Å². The molecule has 3 rings (SSSR count). The Labute approximate surface area is 181 Å². The van der Waals surface area contributed by atoms with Gasteiger partial charge in [-0.1, -0.05) is 12.1 Å². The molecular weight excluding hydrogens is 473 g/mol. The number of amides is 1. The number of guanidine groups is 1. The second-order valence-electron chi connectivity index (χ2n) is 6.21. The van der Waals surface area contributed by atoms with Crippen LogP contribution in [0.15, 0.2) is 46.8 Å². The molecular formula is C19H26IN5OS. The first-order valence-corrected chi connectivity index (χ1v) is 9.64. The lowest BCUT2D eigenvalue weighted by Gasteiger charge is -2.37. The molecule has 0 saturated carbocycles. The fourth-order valence-electron chi connectivity index (χ4n) is 3.06. The zero-order valence-electron chi connectivity index (χ0n) is 15.6. The van der Waals surface area contributed by atoms with Crippen LogP contribution in [-0.4, -0.2) is 50.0 Å². The SMILES string of the molecule is CN=C(NCc1cccc(NC(C)=O)c1)N1CCN(c2cccs2)CC1.I. The van der Waals surface area contributed by atoms with Gasteiger partial charge in [-0.3, -0.25) is 9.79 Å². The summed E-state index contributed by atoms with van der Waals surface area (Å²) in [6, 6.07) is 12.1. The minimum Gasteiger partial charge on any atom is -0.360 e. The molecule has 1 fully saturated rings. The number of nitrogens with zero attached hydrogens (tertiary/aromatic N) is 3. The normalized spacial score (nSPS) is 14.5. The molecule has 0 unspecified atom stereocenters. The summed E-state index contributed by atoms with van der Waals surface area (Å²) < 4.78 is 0. The number of rotatable bonds is 4. The van der Waals surface area contributed by atoms with Gasteiger partial charge in [0.05, 0.1) is 5.00 Å². The van der Waals surface area contributed by atoms with Crippen molar-refractivity contribution in [2.75, 3.05) is 43.4 Å². The highest BCUT2D eigenvalue weighted by Gasteiger charge is 2.20. The first kappa shape index (κ1) is 21.5. The van der Waals surface area contributed by atoms with Crippen molar-refractivity contribution in [3.8, 4) is 0 Å². The number of halogens is 1. The van der Waals surface area contributed by atoms with Gasteiger partial charge in [0.2, 0.25) is 5.91 Å². The van der Waals surface area contributed by atoms with E-state index in [-0.39, 0.29) is 29.9 Å². The average Bonchev–Trinajstić information content (AvgIpc) is 3.17. The van der Waals surface area contributed by atoms with Crippen molar-refractivity contribution in [3.05, 3.63) is 47.3 Å². The van der Waals surface area contributed by atoms with Crippen LogP contribution in [0.2, 0.25) is 0 Å². The largest absolute Gasteiger partial charge is 0.360 e. The van der Waals surface area contributed by atoms with E-state index in [4.69, 9.17) is 0 Å². The van der Waals surface area contributed by atoms with E-state index in [1.54, 1.807) is 11.3 Å². The molecule has 0 aliphatic carbocycles. The van der Waals surface area contributed by atoms with Crippen molar-refractivity contribution in [1.82, 2.24) is 10.2 Å². The summed E-state index contributed by atoms with van der Waals surface area (Å²) in [6.45, 7) is 6.08. The fourth-order valence-corrected chi connectivity index (χ4v) is 3.85. The van der Waals surface area contributed by atoms with Crippen LogP contribution >= 0.6 is 35.3 Å². The van der Waals surface area contributed by atoms with Gasteiger partial charge in [-0.15, -0.1) is 35.3 Å². The lowest BCUT2D eigenvalue weighted by molar-refractivity contribution is -0.114. The number of nitrogens with one attached hydrogen (secondary N) is 2. The molecule has 2 aromatic rings. The molecule has 0 atom stereocenters. The summed E-state index contributed by atoms with van der Waals surface area (Å²) in [6.07, 6.45) is 0. The van der Waals surface area contributed by atoms with Gasteiger partial charge < -0.3 is 20.4 Å². The molecule has 0 spiro atoms. The number of anilines is 2. The van der Waals surface area contributed by atoms with Crippen LogP contribution in [0.1, 0.15) is 12.5 Å². The monoisotopic (exact) mass is 499 g/mol. The van der Waals surface area contributed by atoms with Crippen LogP contribution in [-0.2, 0) is 11.3 Å². The number of hydrogen-bond acceptors (Lipinski definition) is 4. The Balaban J connectivity index is 0.00000261. The summed E-state index contributed by atoms with van der Waals surface area (Å²) >= 11 is 1.79. The topological polar surface area (TPSA) is 60.0 Å². The molecule has 1 amide bonds. The molecule has 0 radical (unpaired) electrons. The molecule has 0 bridgehead atoms. The summed E-state index contributed by atoms with van der Waals surface area (Å²) in [5.41, 5.74) is 1.92. The van der Waals surface area contributed by atoms with Gasteiger partial charge in [0.25, 0.3) is 0 Å². The molecule has 2 N–H and O–H groups in total. The number of piperazine rings is 1. The molecule has 1 aromatic carbocycles. The van der Waals surface area contributed by atoms with Gasteiger partial charge in [-0.25, -0.2) is 0 Å². The maximum absolute atomic E-state index is 11.2. The van der Waals surface area contributed by atoms with Gasteiger partial charge in [0.15, 0.2) is 5.96 Å². The predicted molar refractivity (Wildman–Crippen MR) is 124 cm³/mol. The number of benzene rings is 1. The van der Waals surface area contributed by atoms with E-state index in [0.29, 0.717) is 6.54 Å². The van der Waals surface area contributed by atoms with Crippen molar-refractivity contribution < 1.29 is 4.79 Å². The first-order chi connectivity index (χ1) is 12.7. The maximum Gasteiger partial charge on any atom is 0.221 e. The van der Waals surface area contributed by atoms with Gasteiger partial charge >= 0.3 is 0 Å². The molecule has 8 heteroatoms. The summed E-state index contributed by atoms with van der Waals surface area (Å²) in [5.74, 6) is 0.857. The van der Waals surface area contributed by atoms with E-state index in [9.17, 15) is 4.79 Å². The Bertz CT molecular complexity index is 757. The maximum atomic E-state index is 11.2. The van der Waals surface area contributed by atoms with Crippen LogP contribution in [0.4, 0.5) is 10.7 Å². The Morgan fingerprint density at radius 2 is 1.96 bits per heavy atom. The minimum atomic E-state index is -0.0606. The molecule has 1 aliphatic rings. The van der Waals surface area contributed by atoms with Crippen molar-refractivity contribution in [2.45, 2.75) is 13.5 Å². The third-order valence-corrected chi connectivity index (χ3v) is 5.24. The highest BCUT2D eigenvalue weighted by molar-refractivity contribution is 14.0. The molecule has 2 heterocycles. The van der Waals surface area contributed by atoms with Crippen LogP contribution in [0, 0.1) is 0 Å². The standard InChI is InChI=1S/C19H25N5OS.HI/c1-15(25)22-17-6-3-5-16(13-17)14-21-19(20-2)24-10-8-23(9-11-24)18-7-4-12-26-18;/h3-7,12-13H,8-11,14H2,1-2H3,(H,20,21)(H,22,25);1H. The predicted octanol–water partition coefficient (Wildman–Crippen LogP) is 3.22. The van der Waals surface area contributed by atoms with E-state index in [1.807, 2.05) is 31.3 Å².